The van der Waals surface area contributed by atoms with Crippen LogP contribution in [0.3, 0.4) is 0 Å². The summed E-state index contributed by atoms with van der Waals surface area (Å²) < 4.78 is 85.6. The number of hydrogen-bond acceptors (Lipinski definition) is 2. The summed E-state index contributed by atoms with van der Waals surface area (Å²) >= 11 is 0. The van der Waals surface area contributed by atoms with Crippen molar-refractivity contribution >= 4 is 5.97 Å². The SMILES string of the molecule is CC(C)CC(C(=O)O)c1cc(C2(C)CCCCN2C(F)(F)F)cc(-c2ccccc2)c1C(F)(F)F. The van der Waals surface area contributed by atoms with E-state index in [-0.39, 0.29) is 42.0 Å². The summed E-state index contributed by atoms with van der Waals surface area (Å²) in [6, 6.07) is 9.81. The minimum absolute atomic E-state index is 0.0337. The van der Waals surface area contributed by atoms with Gasteiger partial charge in [0.1, 0.15) is 0 Å². The fourth-order valence-electron chi connectivity index (χ4n) is 5.07. The number of aliphatic carboxylic acids is 1. The van der Waals surface area contributed by atoms with Crippen LogP contribution < -0.4 is 0 Å². The fraction of sp³-hybridized carbons (Fsp3) is 0.500. The zero-order valence-corrected chi connectivity index (χ0v) is 19.8. The molecule has 1 N–H and O–H groups in total. The smallest absolute Gasteiger partial charge is 0.460 e. The first-order valence-corrected chi connectivity index (χ1v) is 11.5. The molecule has 0 radical (unpaired) electrons. The van der Waals surface area contributed by atoms with Crippen LogP contribution in [0.25, 0.3) is 11.1 Å². The van der Waals surface area contributed by atoms with Crippen molar-refractivity contribution in [2.45, 2.75) is 70.4 Å². The third kappa shape index (κ3) is 5.66. The van der Waals surface area contributed by atoms with Crippen molar-refractivity contribution in [3.8, 4) is 11.1 Å². The van der Waals surface area contributed by atoms with Gasteiger partial charge in [0.2, 0.25) is 0 Å². The highest BCUT2D eigenvalue weighted by Gasteiger charge is 2.51. The van der Waals surface area contributed by atoms with Gasteiger partial charge in [0.15, 0.2) is 0 Å². The van der Waals surface area contributed by atoms with E-state index in [0.717, 1.165) is 6.07 Å². The number of benzene rings is 2. The predicted octanol–water partition coefficient (Wildman–Crippen LogP) is 7.81. The van der Waals surface area contributed by atoms with Crippen LogP contribution in [-0.2, 0) is 16.5 Å². The van der Waals surface area contributed by atoms with Crippen molar-refractivity contribution in [2.75, 3.05) is 6.54 Å². The molecule has 35 heavy (non-hydrogen) atoms. The maximum absolute atomic E-state index is 14.5. The van der Waals surface area contributed by atoms with Gasteiger partial charge in [-0.05, 0) is 66.8 Å². The Balaban J connectivity index is 2.42. The number of carboxylic acid groups (broad SMARTS) is 1. The molecule has 3 nitrogen and oxygen atoms in total. The van der Waals surface area contributed by atoms with Gasteiger partial charge in [0.05, 0.1) is 17.0 Å². The third-order valence-corrected chi connectivity index (χ3v) is 6.74. The molecule has 1 heterocycles. The van der Waals surface area contributed by atoms with E-state index in [4.69, 9.17) is 0 Å². The third-order valence-electron chi connectivity index (χ3n) is 6.74. The van der Waals surface area contributed by atoms with Crippen LogP contribution in [-0.4, -0.2) is 28.8 Å². The van der Waals surface area contributed by atoms with Gasteiger partial charge >= 0.3 is 18.4 Å². The molecular weight excluding hydrogens is 472 g/mol. The van der Waals surface area contributed by atoms with Crippen molar-refractivity contribution in [3.05, 3.63) is 59.2 Å². The van der Waals surface area contributed by atoms with Crippen molar-refractivity contribution in [2.24, 2.45) is 5.92 Å². The van der Waals surface area contributed by atoms with Gasteiger partial charge in [-0.25, -0.2) is 4.90 Å². The lowest BCUT2D eigenvalue weighted by molar-refractivity contribution is -0.284. The molecule has 2 atom stereocenters. The van der Waals surface area contributed by atoms with Crippen LogP contribution in [0.15, 0.2) is 42.5 Å². The fourth-order valence-corrected chi connectivity index (χ4v) is 5.07. The summed E-state index contributed by atoms with van der Waals surface area (Å²) in [7, 11) is 0. The van der Waals surface area contributed by atoms with E-state index in [9.17, 15) is 36.2 Å². The Morgan fingerprint density at radius 1 is 1.06 bits per heavy atom. The molecule has 1 saturated heterocycles. The predicted molar refractivity (Wildman–Crippen MR) is 121 cm³/mol. The number of piperidine rings is 1. The van der Waals surface area contributed by atoms with Gasteiger partial charge in [0, 0.05) is 6.54 Å². The summed E-state index contributed by atoms with van der Waals surface area (Å²) in [5, 5.41) is 9.92. The molecule has 3 rings (SSSR count). The van der Waals surface area contributed by atoms with E-state index in [2.05, 4.69) is 0 Å². The topological polar surface area (TPSA) is 40.5 Å². The average Bonchev–Trinajstić information content (AvgIpc) is 2.75. The summed E-state index contributed by atoms with van der Waals surface area (Å²) in [4.78, 5) is 12.6. The molecule has 1 aliphatic heterocycles. The molecule has 192 valence electrons. The minimum Gasteiger partial charge on any atom is -0.481 e. The summed E-state index contributed by atoms with van der Waals surface area (Å²) in [5.41, 5.74) is -3.36. The quantitative estimate of drug-likeness (QED) is 0.324. The Morgan fingerprint density at radius 3 is 2.20 bits per heavy atom. The van der Waals surface area contributed by atoms with Crippen LogP contribution in [0.4, 0.5) is 26.3 Å². The summed E-state index contributed by atoms with van der Waals surface area (Å²) in [6.45, 7) is 4.47. The van der Waals surface area contributed by atoms with Crippen molar-refractivity contribution in [1.29, 1.82) is 0 Å². The minimum atomic E-state index is -4.92. The highest BCUT2D eigenvalue weighted by molar-refractivity contribution is 5.80. The molecule has 0 aliphatic carbocycles. The van der Waals surface area contributed by atoms with Crippen molar-refractivity contribution in [3.63, 3.8) is 0 Å². The van der Waals surface area contributed by atoms with Crippen molar-refractivity contribution in [1.82, 2.24) is 4.90 Å². The van der Waals surface area contributed by atoms with E-state index in [1.807, 2.05) is 0 Å². The lowest BCUT2D eigenvalue weighted by atomic mass is 9.76. The number of likely N-dealkylation sites (tertiary alicyclic amines) is 1. The molecule has 2 aromatic rings. The van der Waals surface area contributed by atoms with Crippen LogP contribution in [0, 0.1) is 5.92 Å². The Bertz CT molecular complexity index is 1050. The standard InChI is InChI=1S/C26H29F6NO2/c1-16(2)13-21(23(34)35)20-15-18(24(3)11-7-8-12-33(24)26(30,31)32)14-19(22(20)25(27,28)29)17-9-5-4-6-10-17/h4-6,9-10,14-16,21H,7-8,11-13H2,1-3H3,(H,34,35). The largest absolute Gasteiger partial charge is 0.481 e. The maximum atomic E-state index is 14.5. The van der Waals surface area contributed by atoms with E-state index < -0.39 is 41.0 Å². The second-order valence-electron chi connectivity index (χ2n) is 9.72. The Morgan fingerprint density at radius 2 is 1.69 bits per heavy atom. The van der Waals surface area contributed by atoms with Crippen LogP contribution >= 0.6 is 0 Å². The number of hydrogen-bond donors (Lipinski definition) is 1. The maximum Gasteiger partial charge on any atom is 0.460 e. The van der Waals surface area contributed by atoms with Crippen molar-refractivity contribution < 1.29 is 36.2 Å². The van der Waals surface area contributed by atoms with E-state index >= 15 is 0 Å². The zero-order chi connectivity index (χ0) is 26.2. The average molecular weight is 502 g/mol. The monoisotopic (exact) mass is 501 g/mol. The number of halogens is 6. The molecular formula is C26H29F6NO2. The molecule has 2 unspecified atom stereocenters. The zero-order valence-electron chi connectivity index (χ0n) is 19.8. The molecule has 1 aliphatic rings. The Labute approximate surface area is 200 Å². The highest BCUT2D eigenvalue weighted by atomic mass is 19.4. The lowest BCUT2D eigenvalue weighted by Gasteiger charge is -2.46. The lowest BCUT2D eigenvalue weighted by Crippen LogP contribution is -2.54. The molecule has 1 fully saturated rings. The number of carbonyl (C=O) groups is 1. The van der Waals surface area contributed by atoms with Gasteiger partial charge in [-0.3, -0.25) is 4.79 Å². The first-order valence-electron chi connectivity index (χ1n) is 11.5. The van der Waals surface area contributed by atoms with Gasteiger partial charge in [-0.2, -0.15) is 26.3 Å². The van der Waals surface area contributed by atoms with E-state index in [1.54, 1.807) is 19.9 Å². The number of rotatable bonds is 6. The van der Waals surface area contributed by atoms with Gasteiger partial charge < -0.3 is 5.11 Å². The second-order valence-corrected chi connectivity index (χ2v) is 9.72. The van der Waals surface area contributed by atoms with E-state index in [1.165, 1.54) is 37.3 Å². The number of carboxylic acids is 1. The summed E-state index contributed by atoms with van der Waals surface area (Å²) in [5.74, 6) is -3.22. The Kier molecular flexibility index (Phi) is 7.60. The summed E-state index contributed by atoms with van der Waals surface area (Å²) in [6.07, 6.45) is -8.85. The normalized spacial score (nSPS) is 20.7. The van der Waals surface area contributed by atoms with Crippen LogP contribution in [0.5, 0.6) is 0 Å². The molecule has 0 spiro atoms. The molecule has 0 bridgehead atoms. The van der Waals surface area contributed by atoms with Gasteiger partial charge in [-0.1, -0.05) is 50.2 Å². The molecule has 0 amide bonds. The number of alkyl halides is 6. The van der Waals surface area contributed by atoms with Gasteiger partial charge in [-0.15, -0.1) is 0 Å². The first kappa shape index (κ1) is 27.0. The van der Waals surface area contributed by atoms with Crippen LogP contribution in [0.2, 0.25) is 0 Å². The van der Waals surface area contributed by atoms with Gasteiger partial charge in [0.25, 0.3) is 0 Å². The molecule has 0 aromatic heterocycles. The second kappa shape index (κ2) is 9.84. The molecule has 9 heteroatoms. The highest BCUT2D eigenvalue weighted by Crippen LogP contribution is 2.49. The number of nitrogens with zero attached hydrogens (tertiary/aromatic N) is 1. The molecule has 0 saturated carbocycles. The Hall–Kier alpha value is -2.55. The first-order chi connectivity index (χ1) is 16.2. The van der Waals surface area contributed by atoms with Crippen LogP contribution in [0.1, 0.15) is 69.1 Å². The van der Waals surface area contributed by atoms with E-state index in [0.29, 0.717) is 17.7 Å². The molecule has 2 aromatic carbocycles.